The van der Waals surface area contributed by atoms with Crippen molar-refractivity contribution in [1.82, 2.24) is 0 Å². The van der Waals surface area contributed by atoms with E-state index in [9.17, 15) is 4.79 Å². The molecule has 1 heteroatoms. The van der Waals surface area contributed by atoms with E-state index < -0.39 is 0 Å². The molecule has 0 saturated carbocycles. The lowest BCUT2D eigenvalue weighted by atomic mass is 10.1. The molecule has 1 nitrogen and oxygen atoms in total. The third-order valence-corrected chi connectivity index (χ3v) is 1.71. The summed E-state index contributed by atoms with van der Waals surface area (Å²) in [6.45, 7) is 5.23. The van der Waals surface area contributed by atoms with Gasteiger partial charge < -0.3 is 0 Å². The lowest BCUT2D eigenvalue weighted by molar-refractivity contribution is -0.112. The molecule has 66 valence electrons. The number of hydrogen-bond acceptors (Lipinski definition) is 1. The summed E-state index contributed by atoms with van der Waals surface area (Å²) >= 11 is 0. The van der Waals surface area contributed by atoms with Crippen molar-refractivity contribution >= 4 is 17.9 Å². The molecule has 1 rings (SSSR count). The summed E-state index contributed by atoms with van der Waals surface area (Å²) in [5.41, 5.74) is 2.06. The van der Waals surface area contributed by atoms with Crippen molar-refractivity contribution in [3.05, 3.63) is 48.0 Å². The normalized spacial score (nSPS) is 10.2. The molecule has 0 amide bonds. The molecule has 0 heterocycles. The number of hydrogen-bond donors (Lipinski definition) is 0. The third-order valence-electron chi connectivity index (χ3n) is 1.71. The largest absolute Gasteiger partial charge is 0.295 e. The first-order valence-electron chi connectivity index (χ1n) is 4.14. The minimum atomic E-state index is 0.0545. The maximum absolute atomic E-state index is 10.7. The van der Waals surface area contributed by atoms with Gasteiger partial charge in [-0.25, -0.2) is 0 Å². The maximum atomic E-state index is 10.7. The van der Waals surface area contributed by atoms with Crippen LogP contribution in [0.25, 0.3) is 12.2 Å². The Bertz CT molecular complexity index is 348. The lowest BCUT2D eigenvalue weighted by Crippen LogP contribution is -1.82. The van der Waals surface area contributed by atoms with E-state index >= 15 is 0 Å². The van der Waals surface area contributed by atoms with Crippen LogP contribution < -0.4 is 0 Å². The molecule has 0 aliphatic rings. The van der Waals surface area contributed by atoms with Crippen molar-refractivity contribution in [3.8, 4) is 0 Å². The average Bonchev–Trinajstić information content (AvgIpc) is 2.15. The zero-order valence-corrected chi connectivity index (χ0v) is 7.66. The standard InChI is InChI=1S/C12H12O/c1-3-11-6-4-5-7-12(11)9-8-10(2)13/h3-9H,1H2,2H3. The Labute approximate surface area is 78.4 Å². The van der Waals surface area contributed by atoms with Gasteiger partial charge in [0.25, 0.3) is 0 Å². The van der Waals surface area contributed by atoms with E-state index in [2.05, 4.69) is 6.58 Å². The zero-order chi connectivity index (χ0) is 9.68. The monoisotopic (exact) mass is 172 g/mol. The maximum Gasteiger partial charge on any atom is 0.152 e. The second-order valence-electron chi connectivity index (χ2n) is 2.78. The van der Waals surface area contributed by atoms with Gasteiger partial charge in [0.15, 0.2) is 5.78 Å². The van der Waals surface area contributed by atoms with Crippen molar-refractivity contribution < 1.29 is 4.79 Å². The molecule has 0 radical (unpaired) electrons. The van der Waals surface area contributed by atoms with Crippen LogP contribution in [0.4, 0.5) is 0 Å². The molecule has 0 aliphatic heterocycles. The van der Waals surface area contributed by atoms with Gasteiger partial charge in [0, 0.05) is 0 Å². The highest BCUT2D eigenvalue weighted by molar-refractivity contribution is 5.92. The number of carbonyl (C=O) groups excluding carboxylic acids is 1. The molecule has 0 saturated heterocycles. The van der Waals surface area contributed by atoms with Gasteiger partial charge in [-0.05, 0) is 24.1 Å². The summed E-state index contributed by atoms with van der Waals surface area (Å²) in [6.07, 6.45) is 5.14. The Morgan fingerprint density at radius 3 is 2.46 bits per heavy atom. The molecular weight excluding hydrogens is 160 g/mol. The first-order valence-corrected chi connectivity index (χ1v) is 4.14. The highest BCUT2D eigenvalue weighted by Gasteiger charge is 1.92. The quantitative estimate of drug-likeness (QED) is 0.641. The van der Waals surface area contributed by atoms with Crippen molar-refractivity contribution in [2.45, 2.75) is 6.92 Å². The van der Waals surface area contributed by atoms with E-state index in [0.717, 1.165) is 11.1 Å². The van der Waals surface area contributed by atoms with Crippen LogP contribution in [-0.4, -0.2) is 5.78 Å². The highest BCUT2D eigenvalue weighted by atomic mass is 16.1. The third kappa shape index (κ3) is 2.71. The Morgan fingerprint density at radius 2 is 1.92 bits per heavy atom. The van der Waals surface area contributed by atoms with E-state index in [1.807, 2.05) is 24.3 Å². The molecule has 1 aromatic carbocycles. The second kappa shape index (κ2) is 4.41. The fourth-order valence-corrected chi connectivity index (χ4v) is 1.06. The zero-order valence-electron chi connectivity index (χ0n) is 7.66. The van der Waals surface area contributed by atoms with Crippen LogP contribution in [0, 0.1) is 0 Å². The van der Waals surface area contributed by atoms with E-state index in [-0.39, 0.29) is 5.78 Å². The van der Waals surface area contributed by atoms with Crippen LogP contribution in [-0.2, 0) is 4.79 Å². The minimum absolute atomic E-state index is 0.0545. The van der Waals surface area contributed by atoms with E-state index in [1.54, 1.807) is 18.2 Å². The Balaban J connectivity index is 3.00. The number of rotatable bonds is 3. The SMILES string of the molecule is C=Cc1ccccc1C=CC(C)=O. The molecule has 0 aliphatic carbocycles. The first-order chi connectivity index (χ1) is 6.24. The summed E-state index contributed by atoms with van der Waals surface area (Å²) in [5.74, 6) is 0.0545. The van der Waals surface area contributed by atoms with Gasteiger partial charge in [0.05, 0.1) is 0 Å². The Hall–Kier alpha value is -1.63. The summed E-state index contributed by atoms with van der Waals surface area (Å²) in [7, 11) is 0. The summed E-state index contributed by atoms with van der Waals surface area (Å²) in [4.78, 5) is 10.7. The first kappa shape index (κ1) is 9.46. The molecule has 0 unspecified atom stereocenters. The van der Waals surface area contributed by atoms with Crippen molar-refractivity contribution in [2.24, 2.45) is 0 Å². The van der Waals surface area contributed by atoms with E-state index in [0.29, 0.717) is 0 Å². The van der Waals surface area contributed by atoms with Gasteiger partial charge in [-0.15, -0.1) is 0 Å². The fraction of sp³-hybridized carbons (Fsp3) is 0.0833. The summed E-state index contributed by atoms with van der Waals surface area (Å²) < 4.78 is 0. The molecular formula is C12H12O. The summed E-state index contributed by atoms with van der Waals surface area (Å²) in [5, 5.41) is 0. The van der Waals surface area contributed by atoms with Crippen molar-refractivity contribution in [2.75, 3.05) is 0 Å². The molecule has 0 bridgehead atoms. The van der Waals surface area contributed by atoms with Crippen LogP contribution in [0.2, 0.25) is 0 Å². The molecule has 0 fully saturated rings. The van der Waals surface area contributed by atoms with Crippen LogP contribution in [0.15, 0.2) is 36.9 Å². The molecule has 0 aromatic heterocycles. The predicted octanol–water partition coefficient (Wildman–Crippen LogP) is 2.93. The predicted molar refractivity (Wildman–Crippen MR) is 56.2 cm³/mol. The van der Waals surface area contributed by atoms with Crippen LogP contribution >= 0.6 is 0 Å². The fourth-order valence-electron chi connectivity index (χ4n) is 1.06. The second-order valence-corrected chi connectivity index (χ2v) is 2.78. The van der Waals surface area contributed by atoms with Gasteiger partial charge in [0.2, 0.25) is 0 Å². The molecule has 0 N–H and O–H groups in total. The van der Waals surface area contributed by atoms with E-state index in [1.165, 1.54) is 6.92 Å². The minimum Gasteiger partial charge on any atom is -0.295 e. The average molecular weight is 172 g/mol. The van der Waals surface area contributed by atoms with Gasteiger partial charge in [-0.2, -0.15) is 0 Å². The van der Waals surface area contributed by atoms with Gasteiger partial charge in [-0.3, -0.25) is 4.79 Å². The lowest BCUT2D eigenvalue weighted by Gasteiger charge is -1.98. The van der Waals surface area contributed by atoms with Crippen molar-refractivity contribution in [1.29, 1.82) is 0 Å². The smallest absolute Gasteiger partial charge is 0.152 e. The van der Waals surface area contributed by atoms with Crippen LogP contribution in [0.3, 0.4) is 0 Å². The Morgan fingerprint density at radius 1 is 1.31 bits per heavy atom. The number of ketones is 1. The molecule has 0 spiro atoms. The van der Waals surface area contributed by atoms with Crippen LogP contribution in [0.1, 0.15) is 18.1 Å². The van der Waals surface area contributed by atoms with Gasteiger partial charge >= 0.3 is 0 Å². The van der Waals surface area contributed by atoms with Gasteiger partial charge in [-0.1, -0.05) is 43.0 Å². The van der Waals surface area contributed by atoms with Crippen LogP contribution in [0.5, 0.6) is 0 Å². The number of carbonyl (C=O) groups is 1. The van der Waals surface area contributed by atoms with E-state index in [4.69, 9.17) is 0 Å². The molecule has 1 aromatic rings. The number of benzene rings is 1. The molecule has 0 atom stereocenters. The molecule has 13 heavy (non-hydrogen) atoms. The van der Waals surface area contributed by atoms with Crippen molar-refractivity contribution in [3.63, 3.8) is 0 Å². The Kier molecular flexibility index (Phi) is 3.21. The topological polar surface area (TPSA) is 17.1 Å². The van der Waals surface area contributed by atoms with Gasteiger partial charge in [0.1, 0.15) is 0 Å². The summed E-state index contributed by atoms with van der Waals surface area (Å²) in [6, 6.07) is 7.80. The number of allylic oxidation sites excluding steroid dienone is 1. The highest BCUT2D eigenvalue weighted by Crippen LogP contribution is 2.11.